The molecule has 9 aliphatic rings. The molecular formula is C51H86O23. The second kappa shape index (κ2) is 22.2. The summed E-state index contributed by atoms with van der Waals surface area (Å²) in [5, 5.41) is 151. The van der Waals surface area contributed by atoms with Gasteiger partial charge in [0.15, 0.2) is 30.9 Å². The van der Waals surface area contributed by atoms with Crippen molar-refractivity contribution in [1.29, 1.82) is 0 Å². The van der Waals surface area contributed by atoms with Gasteiger partial charge in [0.05, 0.1) is 50.3 Å². The molecule has 0 aromatic rings. The van der Waals surface area contributed by atoms with Crippen molar-refractivity contribution >= 4 is 0 Å². The molecule has 74 heavy (non-hydrogen) atoms. The summed E-state index contributed by atoms with van der Waals surface area (Å²) in [4.78, 5) is 0. The lowest BCUT2D eigenvalue weighted by Gasteiger charge is -2.62. The molecule has 0 amide bonds. The predicted octanol–water partition coefficient (Wildman–Crippen LogP) is -2.93. The minimum Gasteiger partial charge on any atom is -0.394 e. The van der Waals surface area contributed by atoms with Crippen molar-refractivity contribution < 1.29 is 114 Å². The molecule has 14 N–H and O–H groups in total. The second-order valence-electron chi connectivity index (χ2n) is 24.4. The van der Waals surface area contributed by atoms with Gasteiger partial charge in [-0.15, -0.1) is 0 Å². The van der Waals surface area contributed by atoms with E-state index in [0.717, 1.165) is 32.1 Å². The zero-order valence-corrected chi connectivity index (χ0v) is 43.2. The number of aliphatic hydroxyl groups excluding tert-OH is 13. The van der Waals surface area contributed by atoms with Crippen LogP contribution < -0.4 is 0 Å². The van der Waals surface area contributed by atoms with Crippen molar-refractivity contribution in [3.8, 4) is 0 Å². The van der Waals surface area contributed by atoms with Crippen molar-refractivity contribution in [2.45, 2.75) is 246 Å². The molecule has 0 aromatic carbocycles. The highest BCUT2D eigenvalue weighted by atomic mass is 16.8. The number of hydrogen-bond acceptors (Lipinski definition) is 23. The normalized spacial score (nSPS) is 57.0. The van der Waals surface area contributed by atoms with Crippen LogP contribution in [-0.2, 0) is 42.6 Å². The Balaban J connectivity index is 0.845. The first-order chi connectivity index (χ1) is 34.9. The monoisotopic (exact) mass is 1070 g/mol. The van der Waals surface area contributed by atoms with Crippen LogP contribution in [-0.4, -0.2) is 238 Å². The summed E-state index contributed by atoms with van der Waals surface area (Å²) in [6.07, 6.45) is -25.5. The Morgan fingerprint density at radius 1 is 0.581 bits per heavy atom. The number of ether oxygens (including phenoxy) is 9. The van der Waals surface area contributed by atoms with Gasteiger partial charge in [0.1, 0.15) is 85.5 Å². The van der Waals surface area contributed by atoms with E-state index in [-0.39, 0.29) is 53.1 Å². The summed E-state index contributed by atoms with van der Waals surface area (Å²) in [5.74, 6) is -0.426. The SMILES string of the molecule is C[C@H](CC[C@]1(O)O[C@H]2C[C@@H]3[C@H]4CC[C@@H]5C[C@H](O[C@H]6O[C@@H](CO)[C@H](O[C@H]7O[C@@H](C)[C@H](O)[C@@H](O)[C@@H]7O)[C@@H](O)[C@@H]6O[C@H]6O[C@@H](C)[C@H](O)[C@@H](O)[C@@H]6O)[C@@H](O)C[C@]5(C)[C@@H]4CC[C@]3(C)[C@H]2[C@@H]1C)CO[C@H]1O[C@@H](CO)[C@H](O)[C@@H](O)[C@@H]1O. The maximum Gasteiger partial charge on any atom is 0.187 e. The summed E-state index contributed by atoms with van der Waals surface area (Å²) in [6, 6.07) is 0. The number of fused-ring (bicyclic) bond motifs is 7. The minimum absolute atomic E-state index is 0.0932. The first kappa shape index (κ1) is 57.8. The zero-order valence-electron chi connectivity index (χ0n) is 43.2. The molecule has 5 heterocycles. The molecule has 0 aromatic heterocycles. The van der Waals surface area contributed by atoms with E-state index in [1.165, 1.54) is 13.8 Å². The van der Waals surface area contributed by atoms with Gasteiger partial charge in [-0.3, -0.25) is 0 Å². The van der Waals surface area contributed by atoms with Crippen molar-refractivity contribution in [2.24, 2.45) is 52.3 Å². The van der Waals surface area contributed by atoms with Gasteiger partial charge in [0, 0.05) is 12.3 Å². The van der Waals surface area contributed by atoms with Crippen LogP contribution in [0, 0.1) is 52.3 Å². The highest BCUT2D eigenvalue weighted by Crippen LogP contribution is 2.71. The van der Waals surface area contributed by atoms with Gasteiger partial charge in [-0.1, -0.05) is 27.7 Å². The molecule has 33 atom stereocenters. The fraction of sp³-hybridized carbons (Fsp3) is 1.00. The largest absolute Gasteiger partial charge is 0.394 e. The quantitative estimate of drug-likeness (QED) is 0.0775. The Morgan fingerprint density at radius 2 is 1.16 bits per heavy atom. The van der Waals surface area contributed by atoms with E-state index in [2.05, 4.69) is 20.8 Å². The summed E-state index contributed by atoms with van der Waals surface area (Å²) in [6.45, 7) is 10.4. The van der Waals surface area contributed by atoms with Gasteiger partial charge in [-0.05, 0) is 112 Å². The number of aliphatic hydroxyl groups is 14. The van der Waals surface area contributed by atoms with E-state index in [1.54, 1.807) is 0 Å². The molecule has 0 unspecified atom stereocenters. The minimum atomic E-state index is -1.79. The molecule has 5 aliphatic heterocycles. The van der Waals surface area contributed by atoms with Crippen molar-refractivity contribution in [3.05, 3.63) is 0 Å². The zero-order chi connectivity index (χ0) is 53.7. The van der Waals surface area contributed by atoms with E-state index < -0.39 is 154 Å². The Morgan fingerprint density at radius 3 is 1.78 bits per heavy atom. The first-order valence-corrected chi connectivity index (χ1v) is 27.2. The average Bonchev–Trinajstić information content (AvgIpc) is 3.82. The maximum atomic E-state index is 12.1. The first-order valence-electron chi connectivity index (χ1n) is 27.2. The molecule has 5 saturated heterocycles. The molecule has 9 rings (SSSR count). The number of hydrogen-bond donors (Lipinski definition) is 14. The van der Waals surface area contributed by atoms with E-state index in [1.807, 2.05) is 6.92 Å². The maximum absolute atomic E-state index is 12.1. The lowest BCUT2D eigenvalue weighted by Crippen LogP contribution is -2.67. The molecular weight excluding hydrogens is 981 g/mol. The Hall–Kier alpha value is -0.920. The van der Waals surface area contributed by atoms with Crippen LogP contribution >= 0.6 is 0 Å². The van der Waals surface area contributed by atoms with E-state index in [9.17, 15) is 71.5 Å². The summed E-state index contributed by atoms with van der Waals surface area (Å²) >= 11 is 0. The van der Waals surface area contributed by atoms with Gasteiger partial charge in [-0.25, -0.2) is 0 Å². The van der Waals surface area contributed by atoms with E-state index in [4.69, 9.17) is 42.6 Å². The third kappa shape index (κ3) is 10.2. The Bertz CT molecular complexity index is 1870. The smallest absolute Gasteiger partial charge is 0.187 e. The Labute approximate surface area is 431 Å². The van der Waals surface area contributed by atoms with E-state index >= 15 is 0 Å². The molecule has 4 saturated carbocycles. The van der Waals surface area contributed by atoms with Crippen molar-refractivity contribution in [3.63, 3.8) is 0 Å². The molecule has 0 spiro atoms. The molecule has 0 radical (unpaired) electrons. The van der Waals surface area contributed by atoms with Gasteiger partial charge in [0.2, 0.25) is 0 Å². The topological polar surface area (TPSA) is 366 Å². The van der Waals surface area contributed by atoms with Gasteiger partial charge >= 0.3 is 0 Å². The van der Waals surface area contributed by atoms with Crippen LogP contribution in [0.15, 0.2) is 0 Å². The fourth-order valence-corrected chi connectivity index (χ4v) is 15.6. The van der Waals surface area contributed by atoms with Crippen LogP contribution in [0.5, 0.6) is 0 Å². The molecule has 4 aliphatic carbocycles. The summed E-state index contributed by atoms with van der Waals surface area (Å²) in [5.41, 5.74) is -0.377. The second-order valence-corrected chi connectivity index (χ2v) is 24.4. The standard InChI is InChI=1S/C51H86O23/c1-19(18-66-45-39(61)38(60)35(57)30(16-52)70-45)9-12-51(65)20(2)32-29(74-51)14-26-24-8-7-23-13-28(27(54)15-50(23,6)25(24)10-11-49(26,32)5)69-48-44(73-47-41(63)37(59)34(56)22(4)68-47)42(64)43(31(17-53)71-48)72-46-40(62)36(58)33(55)21(3)67-46/h19-48,52-65H,7-18H2,1-6H3/t19-,20+,21+,22+,23-,24+,25-,26-,27+,28+,29+,30+,31+,32+,33+,34+,35+,36-,37-,38-,39+,40+,41+,42-,43+,44+,45+,46-,47-,48+,49+,50+,51+/m1/s1. The highest BCUT2D eigenvalue weighted by Gasteiger charge is 2.69. The summed E-state index contributed by atoms with van der Waals surface area (Å²) < 4.78 is 54.4. The third-order valence-corrected chi connectivity index (χ3v) is 20.0. The summed E-state index contributed by atoms with van der Waals surface area (Å²) in [7, 11) is 0. The molecule has 23 nitrogen and oxygen atoms in total. The molecule has 23 heteroatoms. The van der Waals surface area contributed by atoms with Gasteiger partial charge in [0.25, 0.3) is 0 Å². The Kier molecular flexibility index (Phi) is 17.3. The van der Waals surface area contributed by atoms with Gasteiger partial charge in [-0.2, -0.15) is 0 Å². The average molecular weight is 1070 g/mol. The van der Waals surface area contributed by atoms with Crippen LogP contribution in [0.3, 0.4) is 0 Å². The van der Waals surface area contributed by atoms with Crippen molar-refractivity contribution in [2.75, 3.05) is 19.8 Å². The highest BCUT2D eigenvalue weighted by molar-refractivity contribution is 5.15. The number of rotatable bonds is 14. The molecule has 9 fully saturated rings. The van der Waals surface area contributed by atoms with Crippen LogP contribution in [0.25, 0.3) is 0 Å². The van der Waals surface area contributed by atoms with Crippen LogP contribution in [0.2, 0.25) is 0 Å². The van der Waals surface area contributed by atoms with Crippen LogP contribution in [0.4, 0.5) is 0 Å². The van der Waals surface area contributed by atoms with Crippen LogP contribution in [0.1, 0.15) is 99.3 Å². The predicted molar refractivity (Wildman–Crippen MR) is 250 cm³/mol. The lowest BCUT2D eigenvalue weighted by atomic mass is 9.44. The van der Waals surface area contributed by atoms with Gasteiger partial charge < -0.3 is 114 Å². The van der Waals surface area contributed by atoms with Crippen molar-refractivity contribution in [1.82, 2.24) is 0 Å². The lowest BCUT2D eigenvalue weighted by molar-refractivity contribution is -0.391. The molecule has 0 bridgehead atoms. The van der Waals surface area contributed by atoms with E-state index in [0.29, 0.717) is 37.5 Å². The third-order valence-electron chi connectivity index (χ3n) is 20.0. The molecule has 428 valence electrons. The fourth-order valence-electron chi connectivity index (χ4n) is 15.6.